The standard InChI is InChI=1S/C51H62N6O9/c1-29-21-35(22-30(2)39(29)27-52)66-49-50(3,4)48(51(49,5)6)54-44(59)32-9-11-33(12-10-32)55-17-15-31(16-18-55)28-56(19-20-63-7)34-23-36(24-34)65-42-26-38-37(25-41(42)64-8)46(61)57(47(38)62)40-13-14-43(58)53-45(40)60/h9-12,21-22,25-26,31,34,36,40,48-49H,13-20,23-24,28H2,1-8H3,(H,54,59)(H,53,58,60)/t34?,36?,40-,48?,49?/m1/s1. The van der Waals surface area contributed by atoms with Crippen molar-refractivity contribution in [2.75, 3.05) is 51.9 Å². The first-order chi connectivity index (χ1) is 31.4. The van der Waals surface area contributed by atoms with Gasteiger partial charge in [0.25, 0.3) is 17.7 Å². The van der Waals surface area contributed by atoms with Crippen LogP contribution >= 0.6 is 0 Å². The maximum Gasteiger partial charge on any atom is 0.262 e. The van der Waals surface area contributed by atoms with Gasteiger partial charge in [0.1, 0.15) is 24.0 Å². The van der Waals surface area contributed by atoms with Crippen LogP contribution in [0.4, 0.5) is 5.69 Å². The first-order valence-electron chi connectivity index (χ1n) is 23.1. The summed E-state index contributed by atoms with van der Waals surface area (Å²) in [6.07, 6.45) is 3.48. The number of hydrogen-bond acceptors (Lipinski definition) is 12. The van der Waals surface area contributed by atoms with Gasteiger partial charge in [0.15, 0.2) is 11.5 Å². The molecule has 0 aromatic heterocycles. The van der Waals surface area contributed by atoms with E-state index in [1.54, 1.807) is 7.11 Å². The van der Waals surface area contributed by atoms with Crippen LogP contribution in [0.2, 0.25) is 0 Å². The van der Waals surface area contributed by atoms with E-state index < -0.39 is 29.7 Å². The summed E-state index contributed by atoms with van der Waals surface area (Å²) in [5, 5.41) is 15.1. The lowest BCUT2D eigenvalue weighted by Crippen LogP contribution is -2.74. The normalized spacial score (nSPS) is 24.5. The van der Waals surface area contributed by atoms with Gasteiger partial charge < -0.3 is 29.2 Å². The highest BCUT2D eigenvalue weighted by atomic mass is 16.5. The number of rotatable bonds is 15. The molecule has 2 saturated carbocycles. The van der Waals surface area contributed by atoms with Crippen LogP contribution in [0.3, 0.4) is 0 Å². The number of benzene rings is 3. The van der Waals surface area contributed by atoms with E-state index in [4.69, 9.17) is 18.9 Å². The van der Waals surface area contributed by atoms with Gasteiger partial charge in [-0.15, -0.1) is 0 Å². The monoisotopic (exact) mass is 902 g/mol. The maximum absolute atomic E-state index is 13.7. The largest absolute Gasteiger partial charge is 0.493 e. The average Bonchev–Trinajstić information content (AvgIpc) is 3.51. The smallest absolute Gasteiger partial charge is 0.262 e. The number of aryl methyl sites for hydroxylation is 2. The van der Waals surface area contributed by atoms with Crippen LogP contribution in [0.15, 0.2) is 48.5 Å². The fourth-order valence-corrected chi connectivity index (χ4v) is 11.3. The van der Waals surface area contributed by atoms with E-state index >= 15 is 0 Å². The van der Waals surface area contributed by atoms with Crippen molar-refractivity contribution in [3.05, 3.63) is 81.9 Å². The third-order valence-electron chi connectivity index (χ3n) is 14.8. The summed E-state index contributed by atoms with van der Waals surface area (Å²) >= 11 is 0. The zero-order valence-electron chi connectivity index (χ0n) is 39.3. The van der Waals surface area contributed by atoms with Crippen molar-refractivity contribution < 1.29 is 42.9 Å². The third kappa shape index (κ3) is 8.73. The van der Waals surface area contributed by atoms with Crippen molar-refractivity contribution in [3.8, 4) is 23.3 Å². The van der Waals surface area contributed by atoms with E-state index in [1.165, 1.54) is 19.2 Å². The number of methoxy groups -OCH3 is 2. The molecule has 5 amide bonds. The lowest BCUT2D eigenvalue weighted by molar-refractivity contribution is -0.164. The van der Waals surface area contributed by atoms with Gasteiger partial charge in [-0.25, -0.2) is 0 Å². The second-order valence-electron chi connectivity index (χ2n) is 19.9. The lowest BCUT2D eigenvalue weighted by Gasteiger charge is -2.63. The van der Waals surface area contributed by atoms with Gasteiger partial charge in [-0.2, -0.15) is 5.26 Å². The summed E-state index contributed by atoms with van der Waals surface area (Å²) in [7, 11) is 3.20. The molecule has 2 saturated heterocycles. The number of nitrogens with one attached hydrogen (secondary N) is 2. The minimum Gasteiger partial charge on any atom is -0.493 e. The van der Waals surface area contributed by atoms with Crippen molar-refractivity contribution in [1.29, 1.82) is 5.26 Å². The molecule has 1 atom stereocenters. The Kier molecular flexibility index (Phi) is 12.9. The highest BCUT2D eigenvalue weighted by Gasteiger charge is 2.64. The van der Waals surface area contributed by atoms with Crippen molar-refractivity contribution in [1.82, 2.24) is 20.4 Å². The first-order valence-corrected chi connectivity index (χ1v) is 23.1. The van der Waals surface area contributed by atoms with Gasteiger partial charge in [0, 0.05) is 86.7 Å². The van der Waals surface area contributed by atoms with E-state index in [1.807, 2.05) is 50.2 Å². The van der Waals surface area contributed by atoms with Crippen LogP contribution in [0.1, 0.15) is 114 Å². The molecule has 0 bridgehead atoms. The van der Waals surface area contributed by atoms with Crippen LogP contribution < -0.4 is 29.7 Å². The molecule has 3 aromatic rings. The van der Waals surface area contributed by atoms with Crippen molar-refractivity contribution in [2.45, 2.75) is 110 Å². The summed E-state index contributed by atoms with van der Waals surface area (Å²) in [6, 6.07) is 16.2. The average molecular weight is 903 g/mol. The molecule has 3 aromatic carbocycles. The number of piperidine rings is 2. The molecule has 0 radical (unpaired) electrons. The minimum atomic E-state index is -1.05. The molecule has 5 aliphatic rings. The Labute approximate surface area is 387 Å². The molecule has 0 spiro atoms. The molecule has 8 rings (SSSR count). The predicted molar refractivity (Wildman–Crippen MR) is 246 cm³/mol. The van der Waals surface area contributed by atoms with Crippen LogP contribution in [0.5, 0.6) is 17.2 Å². The van der Waals surface area contributed by atoms with Crippen LogP contribution in [-0.2, 0) is 14.3 Å². The van der Waals surface area contributed by atoms with Crippen LogP contribution in [-0.4, -0.2) is 117 Å². The molecule has 350 valence electrons. The first kappa shape index (κ1) is 46.5. The van der Waals surface area contributed by atoms with E-state index in [9.17, 15) is 29.2 Å². The predicted octanol–water partition coefficient (Wildman–Crippen LogP) is 5.97. The summed E-state index contributed by atoms with van der Waals surface area (Å²) < 4.78 is 24.1. The summed E-state index contributed by atoms with van der Waals surface area (Å²) in [6.45, 7) is 16.5. The Bertz CT molecular complexity index is 2410. The summed E-state index contributed by atoms with van der Waals surface area (Å²) in [4.78, 5) is 70.6. The lowest BCUT2D eigenvalue weighted by atomic mass is 9.49. The van der Waals surface area contributed by atoms with Crippen molar-refractivity contribution in [2.24, 2.45) is 16.7 Å². The number of ether oxygens (including phenoxy) is 4. The SMILES string of the molecule is COCCN(CC1CCN(c2ccc(C(=O)NC3C(C)(C)C(Oc4cc(C)c(C#N)c(C)c4)C3(C)C)cc2)CC1)C1CC(Oc2cc3c(cc2OC)C(=O)N([C@@H]2CCC(=O)NC2=O)C3=O)C1. The van der Waals surface area contributed by atoms with Gasteiger partial charge in [-0.3, -0.25) is 39.1 Å². The van der Waals surface area contributed by atoms with Gasteiger partial charge in [0.2, 0.25) is 11.8 Å². The zero-order chi connectivity index (χ0) is 47.2. The van der Waals surface area contributed by atoms with E-state index in [-0.39, 0.29) is 59.0 Å². The Hall–Kier alpha value is -5.98. The molecule has 3 aliphatic heterocycles. The van der Waals surface area contributed by atoms with E-state index in [0.29, 0.717) is 41.2 Å². The number of carbonyl (C=O) groups excluding carboxylic acids is 5. The highest BCUT2D eigenvalue weighted by molar-refractivity contribution is 6.23. The molecule has 0 unspecified atom stereocenters. The van der Waals surface area contributed by atoms with Gasteiger partial charge in [-0.1, -0.05) is 27.7 Å². The summed E-state index contributed by atoms with van der Waals surface area (Å²) in [5.41, 5.74) is 3.80. The number of nitriles is 1. The van der Waals surface area contributed by atoms with Crippen LogP contribution in [0.25, 0.3) is 0 Å². The van der Waals surface area contributed by atoms with Crippen molar-refractivity contribution in [3.63, 3.8) is 0 Å². The fourth-order valence-electron chi connectivity index (χ4n) is 11.3. The van der Waals surface area contributed by atoms with E-state index in [0.717, 1.165) is 79.3 Å². The molecule has 15 nitrogen and oxygen atoms in total. The summed E-state index contributed by atoms with van der Waals surface area (Å²) in [5.74, 6) is -0.437. The number of imide groups is 2. The maximum atomic E-state index is 13.7. The van der Waals surface area contributed by atoms with Gasteiger partial charge in [-0.05, 0) is 98.7 Å². The van der Waals surface area contributed by atoms with Gasteiger partial charge >= 0.3 is 0 Å². The molecule has 66 heavy (non-hydrogen) atoms. The molecular weight excluding hydrogens is 841 g/mol. The molecule has 4 fully saturated rings. The molecule has 2 aliphatic carbocycles. The highest BCUT2D eigenvalue weighted by Crippen LogP contribution is 2.55. The number of amides is 5. The number of hydrogen-bond donors (Lipinski definition) is 2. The number of anilines is 1. The Morgan fingerprint density at radius 3 is 2.08 bits per heavy atom. The quantitative estimate of drug-likeness (QED) is 0.171. The molecular formula is C51H62N6O9. The Morgan fingerprint density at radius 2 is 1.50 bits per heavy atom. The molecule has 15 heteroatoms. The number of fused-ring (bicyclic) bond motifs is 1. The molecule has 3 heterocycles. The second-order valence-corrected chi connectivity index (χ2v) is 19.9. The number of carbonyl (C=O) groups is 5. The Morgan fingerprint density at radius 1 is 0.879 bits per heavy atom. The van der Waals surface area contributed by atoms with Crippen LogP contribution in [0, 0.1) is 41.9 Å². The van der Waals surface area contributed by atoms with Crippen molar-refractivity contribution >= 4 is 35.2 Å². The topological polar surface area (TPSA) is 180 Å². The minimum absolute atomic E-state index is 0.0455. The van der Waals surface area contributed by atoms with E-state index in [2.05, 4.69) is 54.2 Å². The third-order valence-corrected chi connectivity index (χ3v) is 14.8. The Balaban J connectivity index is 0.821. The second kappa shape index (κ2) is 18.4. The fraction of sp³-hybridized carbons (Fsp3) is 0.529. The number of nitrogens with zero attached hydrogens (tertiary/aromatic N) is 4. The van der Waals surface area contributed by atoms with Gasteiger partial charge in [0.05, 0.1) is 36.5 Å². The molecule has 2 N–H and O–H groups in total. The zero-order valence-corrected chi connectivity index (χ0v) is 39.3.